The summed E-state index contributed by atoms with van der Waals surface area (Å²) >= 11 is 0. The van der Waals surface area contributed by atoms with Gasteiger partial charge in [-0.15, -0.1) is 0 Å². The maximum absolute atomic E-state index is 12.7. The molecule has 108 valence electrons. The summed E-state index contributed by atoms with van der Waals surface area (Å²) in [4.78, 5) is 17.6. The third-order valence-electron chi connectivity index (χ3n) is 5.18. The van der Waals surface area contributed by atoms with E-state index in [9.17, 15) is 4.79 Å². The summed E-state index contributed by atoms with van der Waals surface area (Å²) in [5.41, 5.74) is 0.0170. The standard InChI is InChI=1S/C16H28N2O/c1-3-10-17-11-6-14(7-12-17)18(13-4-5-13)15(19)16(2)8-9-16/h13-14H,3-12H2,1-2H3. The van der Waals surface area contributed by atoms with Crippen LogP contribution in [0.2, 0.25) is 0 Å². The number of rotatable bonds is 5. The van der Waals surface area contributed by atoms with E-state index < -0.39 is 0 Å². The fourth-order valence-electron chi connectivity index (χ4n) is 3.43. The van der Waals surface area contributed by atoms with E-state index in [1.165, 1.54) is 51.7 Å². The first-order chi connectivity index (χ1) is 9.14. The van der Waals surface area contributed by atoms with E-state index in [0.717, 1.165) is 12.8 Å². The van der Waals surface area contributed by atoms with E-state index >= 15 is 0 Å². The number of amides is 1. The van der Waals surface area contributed by atoms with Crippen LogP contribution in [0.5, 0.6) is 0 Å². The summed E-state index contributed by atoms with van der Waals surface area (Å²) < 4.78 is 0. The molecule has 0 bridgehead atoms. The molecule has 0 unspecified atom stereocenters. The lowest BCUT2D eigenvalue weighted by molar-refractivity contribution is -0.140. The molecule has 2 aliphatic carbocycles. The summed E-state index contributed by atoms with van der Waals surface area (Å²) in [7, 11) is 0. The lowest BCUT2D eigenvalue weighted by atomic mass is 9.99. The topological polar surface area (TPSA) is 23.6 Å². The zero-order valence-electron chi connectivity index (χ0n) is 12.5. The van der Waals surface area contributed by atoms with Crippen molar-refractivity contribution >= 4 is 5.91 Å². The van der Waals surface area contributed by atoms with Crippen LogP contribution in [0.1, 0.15) is 58.8 Å². The molecule has 1 saturated heterocycles. The van der Waals surface area contributed by atoms with Crippen molar-refractivity contribution in [3.63, 3.8) is 0 Å². The van der Waals surface area contributed by atoms with Gasteiger partial charge in [0.05, 0.1) is 0 Å². The molecule has 1 aliphatic heterocycles. The Hall–Kier alpha value is -0.570. The first-order valence-electron chi connectivity index (χ1n) is 8.19. The maximum atomic E-state index is 12.7. The van der Waals surface area contributed by atoms with Gasteiger partial charge in [-0.1, -0.05) is 13.8 Å². The predicted octanol–water partition coefficient (Wildman–Crippen LogP) is 2.65. The quantitative estimate of drug-likeness (QED) is 0.762. The molecule has 0 aromatic rings. The number of carbonyl (C=O) groups excluding carboxylic acids is 1. The summed E-state index contributed by atoms with van der Waals surface area (Å²) in [6, 6.07) is 1.12. The Morgan fingerprint density at radius 1 is 1.16 bits per heavy atom. The van der Waals surface area contributed by atoms with Crippen LogP contribution in [-0.4, -0.2) is 47.4 Å². The van der Waals surface area contributed by atoms with Crippen LogP contribution < -0.4 is 0 Å². The molecule has 0 aromatic carbocycles. The third kappa shape index (κ3) is 2.81. The zero-order valence-corrected chi connectivity index (χ0v) is 12.5. The number of hydrogen-bond donors (Lipinski definition) is 0. The highest BCUT2D eigenvalue weighted by Crippen LogP contribution is 2.49. The largest absolute Gasteiger partial charge is 0.336 e. The summed E-state index contributed by atoms with van der Waals surface area (Å²) in [6.07, 6.45) is 8.35. The Morgan fingerprint density at radius 2 is 1.74 bits per heavy atom. The molecule has 0 aromatic heterocycles. The number of nitrogens with zero attached hydrogens (tertiary/aromatic N) is 2. The van der Waals surface area contributed by atoms with Gasteiger partial charge >= 0.3 is 0 Å². The molecule has 0 radical (unpaired) electrons. The van der Waals surface area contributed by atoms with Crippen molar-refractivity contribution in [3.8, 4) is 0 Å². The van der Waals surface area contributed by atoms with Gasteiger partial charge in [0.2, 0.25) is 5.91 Å². The van der Waals surface area contributed by atoms with Crippen LogP contribution in [-0.2, 0) is 4.79 Å². The average Bonchev–Trinajstić information content (AvgIpc) is 3.30. The minimum atomic E-state index is 0.0170. The Kier molecular flexibility index (Phi) is 3.59. The summed E-state index contributed by atoms with van der Waals surface area (Å²) in [5.74, 6) is 0.476. The lowest BCUT2D eigenvalue weighted by Crippen LogP contribution is -2.50. The molecule has 19 heavy (non-hydrogen) atoms. The highest BCUT2D eigenvalue weighted by Gasteiger charge is 2.51. The fraction of sp³-hybridized carbons (Fsp3) is 0.938. The Bertz CT molecular complexity index is 339. The Balaban J connectivity index is 1.60. The molecule has 3 nitrogen and oxygen atoms in total. The second-order valence-corrected chi connectivity index (χ2v) is 7.08. The van der Waals surface area contributed by atoms with Crippen LogP contribution in [0.3, 0.4) is 0 Å². The van der Waals surface area contributed by atoms with Crippen LogP contribution in [0.4, 0.5) is 0 Å². The van der Waals surface area contributed by atoms with Gasteiger partial charge in [-0.3, -0.25) is 4.79 Å². The lowest BCUT2D eigenvalue weighted by Gasteiger charge is -2.40. The van der Waals surface area contributed by atoms with E-state index in [1.807, 2.05) is 0 Å². The SMILES string of the molecule is CCCN1CCC(N(C(=O)C2(C)CC2)C2CC2)CC1. The monoisotopic (exact) mass is 264 g/mol. The van der Waals surface area contributed by atoms with Gasteiger partial charge in [0.25, 0.3) is 0 Å². The van der Waals surface area contributed by atoms with Crippen LogP contribution >= 0.6 is 0 Å². The van der Waals surface area contributed by atoms with Crippen molar-refractivity contribution in [3.05, 3.63) is 0 Å². The Labute approximate surface area is 117 Å². The van der Waals surface area contributed by atoms with Crippen molar-refractivity contribution < 1.29 is 4.79 Å². The molecular weight excluding hydrogens is 236 g/mol. The highest BCUT2D eigenvalue weighted by molar-refractivity contribution is 5.85. The summed E-state index contributed by atoms with van der Waals surface area (Å²) in [5, 5.41) is 0. The van der Waals surface area contributed by atoms with E-state index in [-0.39, 0.29) is 5.41 Å². The third-order valence-corrected chi connectivity index (χ3v) is 5.18. The first kappa shape index (κ1) is 13.4. The molecule has 3 heteroatoms. The Morgan fingerprint density at radius 3 is 2.21 bits per heavy atom. The minimum Gasteiger partial charge on any atom is -0.336 e. The normalized spacial score (nSPS) is 27.3. The van der Waals surface area contributed by atoms with Gasteiger partial charge in [-0.25, -0.2) is 0 Å². The van der Waals surface area contributed by atoms with Crippen molar-refractivity contribution in [2.24, 2.45) is 5.41 Å². The van der Waals surface area contributed by atoms with E-state index in [2.05, 4.69) is 23.6 Å². The van der Waals surface area contributed by atoms with E-state index in [4.69, 9.17) is 0 Å². The van der Waals surface area contributed by atoms with Crippen molar-refractivity contribution in [2.75, 3.05) is 19.6 Å². The van der Waals surface area contributed by atoms with Crippen molar-refractivity contribution in [1.82, 2.24) is 9.80 Å². The average molecular weight is 264 g/mol. The van der Waals surface area contributed by atoms with E-state index in [1.54, 1.807) is 0 Å². The number of carbonyl (C=O) groups is 1. The molecule has 3 rings (SSSR count). The minimum absolute atomic E-state index is 0.0170. The molecule has 0 atom stereocenters. The molecular formula is C16H28N2O. The molecule has 0 N–H and O–H groups in total. The molecule has 3 aliphatic rings. The molecule has 0 spiro atoms. The number of likely N-dealkylation sites (tertiary alicyclic amines) is 1. The smallest absolute Gasteiger partial charge is 0.229 e. The maximum Gasteiger partial charge on any atom is 0.229 e. The second kappa shape index (κ2) is 5.08. The molecule has 1 amide bonds. The predicted molar refractivity (Wildman–Crippen MR) is 77.0 cm³/mol. The van der Waals surface area contributed by atoms with Gasteiger partial charge in [0.15, 0.2) is 0 Å². The van der Waals surface area contributed by atoms with Gasteiger partial charge in [-0.05, 0) is 51.5 Å². The zero-order chi connectivity index (χ0) is 13.5. The highest BCUT2D eigenvalue weighted by atomic mass is 16.2. The van der Waals surface area contributed by atoms with Gasteiger partial charge in [-0.2, -0.15) is 0 Å². The summed E-state index contributed by atoms with van der Waals surface area (Å²) in [6.45, 7) is 8.01. The van der Waals surface area contributed by atoms with Gasteiger partial charge < -0.3 is 9.80 Å². The van der Waals surface area contributed by atoms with Gasteiger partial charge in [0.1, 0.15) is 0 Å². The molecule has 1 heterocycles. The number of piperidine rings is 1. The first-order valence-corrected chi connectivity index (χ1v) is 8.19. The van der Waals surface area contributed by atoms with Crippen LogP contribution in [0, 0.1) is 5.41 Å². The number of hydrogen-bond acceptors (Lipinski definition) is 2. The van der Waals surface area contributed by atoms with Crippen LogP contribution in [0.25, 0.3) is 0 Å². The van der Waals surface area contributed by atoms with Crippen molar-refractivity contribution in [1.29, 1.82) is 0 Å². The molecule has 2 saturated carbocycles. The molecule has 3 fully saturated rings. The fourth-order valence-corrected chi connectivity index (χ4v) is 3.43. The van der Waals surface area contributed by atoms with Crippen molar-refractivity contribution in [2.45, 2.75) is 70.9 Å². The van der Waals surface area contributed by atoms with Gasteiger partial charge in [0, 0.05) is 30.6 Å². The van der Waals surface area contributed by atoms with E-state index in [0.29, 0.717) is 18.0 Å². The second-order valence-electron chi connectivity index (χ2n) is 7.08. The van der Waals surface area contributed by atoms with Crippen LogP contribution in [0.15, 0.2) is 0 Å².